The van der Waals surface area contributed by atoms with Gasteiger partial charge in [0.1, 0.15) is 0 Å². The zero-order valence-electron chi connectivity index (χ0n) is 12.5. The quantitative estimate of drug-likeness (QED) is 0.655. The summed E-state index contributed by atoms with van der Waals surface area (Å²) in [6.45, 7) is 4.60. The first kappa shape index (κ1) is 14.7. The van der Waals surface area contributed by atoms with E-state index in [1.54, 1.807) is 6.07 Å². The number of esters is 1. The number of ether oxygens (including phenoxy) is 1. The fourth-order valence-electron chi connectivity index (χ4n) is 3.02. The smallest absolute Gasteiger partial charge is 0.340 e. The number of nitrogens with two attached hydrogens (primary N) is 1. The average Bonchev–Trinajstić information content (AvgIpc) is 2.39. The number of rotatable bonds is 3. The van der Waals surface area contributed by atoms with Crippen molar-refractivity contribution in [3.8, 4) is 0 Å². The summed E-state index contributed by atoms with van der Waals surface area (Å²) in [5, 5.41) is 3.49. The summed E-state index contributed by atoms with van der Waals surface area (Å²) in [4.78, 5) is 11.7. The Hall–Kier alpha value is -1.71. The molecular weight excluding hydrogens is 252 g/mol. The molecule has 20 heavy (non-hydrogen) atoms. The van der Waals surface area contributed by atoms with Gasteiger partial charge in [-0.15, -0.1) is 0 Å². The van der Waals surface area contributed by atoms with Gasteiger partial charge in [0.25, 0.3) is 0 Å². The first-order chi connectivity index (χ1) is 9.43. The molecule has 0 heterocycles. The van der Waals surface area contributed by atoms with Gasteiger partial charge >= 0.3 is 5.97 Å². The number of carbonyl (C=O) groups excluding carboxylic acids is 1. The Bertz CT molecular complexity index is 497. The molecule has 1 saturated carbocycles. The summed E-state index contributed by atoms with van der Waals surface area (Å²) >= 11 is 0. The SMILES string of the molecule is COC(=O)c1cccc(NC2CCCC(C)(C)C2)c1N. The Morgan fingerprint density at radius 3 is 2.85 bits per heavy atom. The van der Waals surface area contributed by atoms with Crippen LogP contribution in [-0.2, 0) is 4.74 Å². The zero-order chi connectivity index (χ0) is 14.8. The second kappa shape index (κ2) is 5.73. The van der Waals surface area contributed by atoms with Gasteiger partial charge in [0.15, 0.2) is 0 Å². The van der Waals surface area contributed by atoms with Crippen LogP contribution in [0.2, 0.25) is 0 Å². The molecule has 0 aromatic heterocycles. The van der Waals surface area contributed by atoms with Crippen molar-refractivity contribution in [2.45, 2.75) is 45.6 Å². The number of carbonyl (C=O) groups is 1. The summed E-state index contributed by atoms with van der Waals surface area (Å²) < 4.78 is 4.75. The van der Waals surface area contributed by atoms with Crippen molar-refractivity contribution in [2.75, 3.05) is 18.2 Å². The predicted molar refractivity (Wildman–Crippen MR) is 81.9 cm³/mol. The molecule has 1 fully saturated rings. The van der Waals surface area contributed by atoms with Gasteiger partial charge in [-0.25, -0.2) is 4.79 Å². The van der Waals surface area contributed by atoms with Gasteiger partial charge in [0.2, 0.25) is 0 Å². The van der Waals surface area contributed by atoms with Crippen molar-refractivity contribution < 1.29 is 9.53 Å². The van der Waals surface area contributed by atoms with Crippen LogP contribution >= 0.6 is 0 Å². The first-order valence-electron chi connectivity index (χ1n) is 7.16. The average molecular weight is 276 g/mol. The van der Waals surface area contributed by atoms with E-state index in [4.69, 9.17) is 10.5 Å². The van der Waals surface area contributed by atoms with Crippen LogP contribution in [0.1, 0.15) is 49.9 Å². The number of benzene rings is 1. The fraction of sp³-hybridized carbons (Fsp3) is 0.562. The standard InChI is InChI=1S/C16H24N2O2/c1-16(2)9-5-6-11(10-16)18-13-8-4-7-12(14(13)17)15(19)20-3/h4,7-8,11,18H,5-6,9-10,17H2,1-3H3. The number of nitrogens with one attached hydrogen (secondary N) is 1. The number of nitrogen functional groups attached to an aromatic ring is 1. The maximum Gasteiger partial charge on any atom is 0.340 e. The highest BCUT2D eigenvalue weighted by molar-refractivity contribution is 5.98. The summed E-state index contributed by atoms with van der Waals surface area (Å²) in [6, 6.07) is 5.85. The largest absolute Gasteiger partial charge is 0.465 e. The van der Waals surface area contributed by atoms with Crippen molar-refractivity contribution >= 4 is 17.3 Å². The van der Waals surface area contributed by atoms with Crippen LogP contribution in [0.5, 0.6) is 0 Å². The Labute approximate surface area is 120 Å². The van der Waals surface area contributed by atoms with E-state index in [1.165, 1.54) is 20.0 Å². The molecule has 4 nitrogen and oxygen atoms in total. The molecule has 4 heteroatoms. The van der Waals surface area contributed by atoms with Crippen molar-refractivity contribution in [1.29, 1.82) is 0 Å². The molecule has 1 atom stereocenters. The van der Waals surface area contributed by atoms with E-state index in [-0.39, 0.29) is 0 Å². The Morgan fingerprint density at radius 1 is 1.45 bits per heavy atom. The summed E-state index contributed by atoms with van der Waals surface area (Å²) in [5.41, 5.74) is 8.17. The van der Waals surface area contributed by atoms with E-state index in [1.807, 2.05) is 12.1 Å². The minimum atomic E-state index is -0.393. The third-order valence-corrected chi connectivity index (χ3v) is 4.08. The summed E-state index contributed by atoms with van der Waals surface area (Å²) in [7, 11) is 1.37. The molecule has 0 bridgehead atoms. The van der Waals surface area contributed by atoms with Gasteiger partial charge in [0, 0.05) is 6.04 Å². The van der Waals surface area contributed by atoms with Crippen LogP contribution in [0.4, 0.5) is 11.4 Å². The molecule has 0 amide bonds. The van der Waals surface area contributed by atoms with Crippen LogP contribution in [0.25, 0.3) is 0 Å². The molecule has 0 aliphatic heterocycles. The first-order valence-corrected chi connectivity index (χ1v) is 7.16. The lowest BCUT2D eigenvalue weighted by molar-refractivity contribution is 0.0602. The molecule has 2 rings (SSSR count). The second-order valence-corrected chi connectivity index (χ2v) is 6.36. The topological polar surface area (TPSA) is 64.3 Å². The van der Waals surface area contributed by atoms with Crippen molar-refractivity contribution in [3.63, 3.8) is 0 Å². The van der Waals surface area contributed by atoms with Gasteiger partial charge < -0.3 is 15.8 Å². The number of methoxy groups -OCH3 is 1. The molecule has 110 valence electrons. The molecular formula is C16H24N2O2. The van der Waals surface area contributed by atoms with Gasteiger partial charge in [-0.3, -0.25) is 0 Å². The third kappa shape index (κ3) is 3.24. The predicted octanol–water partition coefficient (Wildman–Crippen LogP) is 3.44. The van der Waals surface area contributed by atoms with E-state index in [2.05, 4.69) is 19.2 Å². The van der Waals surface area contributed by atoms with Crippen LogP contribution in [0.3, 0.4) is 0 Å². The van der Waals surface area contributed by atoms with Gasteiger partial charge in [-0.2, -0.15) is 0 Å². The van der Waals surface area contributed by atoms with E-state index in [0.717, 1.165) is 18.5 Å². The van der Waals surface area contributed by atoms with Crippen molar-refractivity contribution in [2.24, 2.45) is 5.41 Å². The molecule has 1 unspecified atom stereocenters. The Kier molecular flexibility index (Phi) is 4.21. The van der Waals surface area contributed by atoms with E-state index >= 15 is 0 Å². The van der Waals surface area contributed by atoms with Crippen molar-refractivity contribution in [3.05, 3.63) is 23.8 Å². The molecule has 1 aliphatic carbocycles. The van der Waals surface area contributed by atoms with E-state index < -0.39 is 5.97 Å². The normalized spacial score (nSPS) is 21.2. The fourth-order valence-corrected chi connectivity index (χ4v) is 3.02. The Balaban J connectivity index is 2.15. The molecule has 1 aliphatic rings. The maximum atomic E-state index is 11.7. The van der Waals surface area contributed by atoms with Gasteiger partial charge in [-0.05, 0) is 36.8 Å². The highest BCUT2D eigenvalue weighted by atomic mass is 16.5. The maximum absolute atomic E-state index is 11.7. The highest BCUT2D eigenvalue weighted by Gasteiger charge is 2.28. The number of hydrogen-bond donors (Lipinski definition) is 2. The molecule has 0 radical (unpaired) electrons. The van der Waals surface area contributed by atoms with E-state index in [0.29, 0.717) is 22.7 Å². The molecule has 1 aromatic rings. The monoisotopic (exact) mass is 276 g/mol. The molecule has 0 saturated heterocycles. The summed E-state index contributed by atoms with van der Waals surface area (Å²) in [5.74, 6) is -0.393. The van der Waals surface area contributed by atoms with Crippen LogP contribution in [-0.4, -0.2) is 19.1 Å². The number of para-hydroxylation sites is 1. The molecule has 1 aromatic carbocycles. The van der Waals surface area contributed by atoms with Crippen LogP contribution in [0, 0.1) is 5.41 Å². The third-order valence-electron chi connectivity index (χ3n) is 4.08. The summed E-state index contributed by atoms with van der Waals surface area (Å²) in [6.07, 6.45) is 4.75. The van der Waals surface area contributed by atoms with E-state index in [9.17, 15) is 4.79 Å². The lowest BCUT2D eigenvalue weighted by atomic mass is 9.75. The van der Waals surface area contributed by atoms with Crippen LogP contribution in [0.15, 0.2) is 18.2 Å². The van der Waals surface area contributed by atoms with Crippen LogP contribution < -0.4 is 11.1 Å². The highest BCUT2D eigenvalue weighted by Crippen LogP contribution is 2.37. The lowest BCUT2D eigenvalue weighted by Crippen LogP contribution is -2.32. The zero-order valence-corrected chi connectivity index (χ0v) is 12.5. The lowest BCUT2D eigenvalue weighted by Gasteiger charge is -2.36. The van der Waals surface area contributed by atoms with Crippen molar-refractivity contribution in [1.82, 2.24) is 0 Å². The Morgan fingerprint density at radius 2 is 2.20 bits per heavy atom. The minimum absolute atomic E-state index is 0.366. The molecule has 3 N–H and O–H groups in total. The van der Waals surface area contributed by atoms with Gasteiger partial charge in [0.05, 0.1) is 24.0 Å². The number of anilines is 2. The van der Waals surface area contributed by atoms with Gasteiger partial charge in [-0.1, -0.05) is 26.3 Å². The minimum Gasteiger partial charge on any atom is -0.465 e. The second-order valence-electron chi connectivity index (χ2n) is 6.36. The number of hydrogen-bond acceptors (Lipinski definition) is 4. The molecule has 0 spiro atoms.